The van der Waals surface area contributed by atoms with Crippen LogP contribution in [0, 0.1) is 6.92 Å². The van der Waals surface area contributed by atoms with Gasteiger partial charge < -0.3 is 10.5 Å². The molecule has 1 aliphatic heterocycles. The average molecular weight is 177 g/mol. The van der Waals surface area contributed by atoms with E-state index in [1.54, 1.807) is 0 Å². The van der Waals surface area contributed by atoms with Crippen molar-refractivity contribution in [2.24, 2.45) is 5.73 Å². The Labute approximate surface area is 78.7 Å². The summed E-state index contributed by atoms with van der Waals surface area (Å²) in [4.78, 5) is 0. The van der Waals surface area contributed by atoms with E-state index in [2.05, 4.69) is 26.0 Å². The van der Waals surface area contributed by atoms with Gasteiger partial charge in [0, 0.05) is 5.56 Å². The van der Waals surface area contributed by atoms with Crippen LogP contribution in [0.1, 0.15) is 29.7 Å². The second kappa shape index (κ2) is 3.04. The Morgan fingerprint density at radius 2 is 2.31 bits per heavy atom. The first-order chi connectivity index (χ1) is 6.24. The first-order valence-electron chi connectivity index (χ1n) is 4.74. The maximum Gasteiger partial charge on any atom is 0.127 e. The Bertz CT molecular complexity index is 333. The molecule has 13 heavy (non-hydrogen) atoms. The monoisotopic (exact) mass is 177 g/mol. The van der Waals surface area contributed by atoms with Crippen molar-refractivity contribution in [3.63, 3.8) is 0 Å². The van der Waals surface area contributed by atoms with Gasteiger partial charge in [-0.3, -0.25) is 0 Å². The fourth-order valence-corrected chi connectivity index (χ4v) is 1.91. The van der Waals surface area contributed by atoms with E-state index in [0.29, 0.717) is 6.61 Å². The molecule has 0 aliphatic carbocycles. The highest BCUT2D eigenvalue weighted by molar-refractivity contribution is 5.49. The van der Waals surface area contributed by atoms with E-state index in [4.69, 9.17) is 10.5 Å². The Kier molecular flexibility index (Phi) is 2.00. The SMILES string of the molecule is CCc1c(C)ccc2c1OC[C@@H]2N. The van der Waals surface area contributed by atoms with Crippen molar-refractivity contribution in [2.45, 2.75) is 26.3 Å². The lowest BCUT2D eigenvalue weighted by atomic mass is 9.99. The van der Waals surface area contributed by atoms with Gasteiger partial charge in [0.2, 0.25) is 0 Å². The lowest BCUT2D eigenvalue weighted by Gasteiger charge is -2.08. The Hall–Kier alpha value is -1.02. The molecule has 1 aliphatic rings. The number of ether oxygens (including phenoxy) is 1. The number of aryl methyl sites for hydroxylation is 1. The predicted octanol–water partition coefficient (Wildman–Crippen LogP) is 1.95. The van der Waals surface area contributed by atoms with Crippen molar-refractivity contribution in [1.82, 2.24) is 0 Å². The molecule has 1 aromatic rings. The van der Waals surface area contributed by atoms with Crippen LogP contribution in [0.2, 0.25) is 0 Å². The largest absolute Gasteiger partial charge is 0.491 e. The third kappa shape index (κ3) is 1.22. The van der Waals surface area contributed by atoms with E-state index >= 15 is 0 Å². The zero-order valence-electron chi connectivity index (χ0n) is 8.13. The smallest absolute Gasteiger partial charge is 0.127 e. The van der Waals surface area contributed by atoms with Crippen LogP contribution in [0.5, 0.6) is 5.75 Å². The van der Waals surface area contributed by atoms with Gasteiger partial charge in [-0.1, -0.05) is 19.1 Å². The first-order valence-corrected chi connectivity index (χ1v) is 4.74. The van der Waals surface area contributed by atoms with E-state index < -0.39 is 0 Å². The number of benzene rings is 1. The van der Waals surface area contributed by atoms with Crippen LogP contribution in [-0.2, 0) is 6.42 Å². The summed E-state index contributed by atoms with van der Waals surface area (Å²) in [6.45, 7) is 4.90. The van der Waals surface area contributed by atoms with Crippen LogP contribution >= 0.6 is 0 Å². The van der Waals surface area contributed by atoms with Gasteiger partial charge in [-0.25, -0.2) is 0 Å². The van der Waals surface area contributed by atoms with Crippen LogP contribution in [0.3, 0.4) is 0 Å². The van der Waals surface area contributed by atoms with Gasteiger partial charge in [-0.05, 0) is 24.5 Å². The van der Waals surface area contributed by atoms with Gasteiger partial charge >= 0.3 is 0 Å². The van der Waals surface area contributed by atoms with Gasteiger partial charge in [-0.15, -0.1) is 0 Å². The van der Waals surface area contributed by atoms with E-state index in [9.17, 15) is 0 Å². The van der Waals surface area contributed by atoms with Gasteiger partial charge in [-0.2, -0.15) is 0 Å². The van der Waals surface area contributed by atoms with E-state index in [0.717, 1.165) is 12.2 Å². The van der Waals surface area contributed by atoms with E-state index in [1.807, 2.05) is 0 Å². The molecular weight excluding hydrogens is 162 g/mol. The highest BCUT2D eigenvalue weighted by Gasteiger charge is 2.23. The minimum atomic E-state index is 0.0703. The molecule has 0 saturated heterocycles. The quantitative estimate of drug-likeness (QED) is 0.711. The predicted molar refractivity (Wildman–Crippen MR) is 53.0 cm³/mol. The molecule has 1 atom stereocenters. The van der Waals surface area contributed by atoms with Crippen LogP contribution < -0.4 is 10.5 Å². The summed E-state index contributed by atoms with van der Waals surface area (Å²) >= 11 is 0. The van der Waals surface area contributed by atoms with Gasteiger partial charge in [0.05, 0.1) is 6.04 Å². The number of hydrogen-bond acceptors (Lipinski definition) is 2. The molecule has 2 rings (SSSR count). The maximum absolute atomic E-state index is 5.90. The summed E-state index contributed by atoms with van der Waals surface area (Å²) in [5.41, 5.74) is 9.68. The molecule has 0 aromatic heterocycles. The highest BCUT2D eigenvalue weighted by Crippen LogP contribution is 2.36. The second-order valence-electron chi connectivity index (χ2n) is 3.55. The summed E-state index contributed by atoms with van der Waals surface area (Å²) in [5.74, 6) is 1.04. The van der Waals surface area contributed by atoms with E-state index in [1.165, 1.54) is 16.7 Å². The van der Waals surface area contributed by atoms with Crippen molar-refractivity contribution in [3.05, 3.63) is 28.8 Å². The van der Waals surface area contributed by atoms with Crippen LogP contribution in [0.4, 0.5) is 0 Å². The molecular formula is C11H15NO. The summed E-state index contributed by atoms with van der Waals surface area (Å²) in [7, 11) is 0. The molecule has 0 spiro atoms. The topological polar surface area (TPSA) is 35.2 Å². The normalized spacial score (nSPS) is 19.8. The van der Waals surface area contributed by atoms with Crippen molar-refractivity contribution < 1.29 is 4.74 Å². The minimum Gasteiger partial charge on any atom is -0.491 e. The van der Waals surface area contributed by atoms with Gasteiger partial charge in [0.25, 0.3) is 0 Å². The second-order valence-corrected chi connectivity index (χ2v) is 3.55. The molecule has 2 heteroatoms. The lowest BCUT2D eigenvalue weighted by Crippen LogP contribution is -2.10. The van der Waals surface area contributed by atoms with Crippen molar-refractivity contribution >= 4 is 0 Å². The third-order valence-corrected chi connectivity index (χ3v) is 2.69. The number of fused-ring (bicyclic) bond motifs is 1. The molecule has 0 amide bonds. The standard InChI is InChI=1S/C11H15NO/c1-3-8-7(2)4-5-9-10(12)6-13-11(8)9/h4-5,10H,3,6,12H2,1-2H3/t10-/m0/s1. The molecule has 0 radical (unpaired) electrons. The summed E-state index contributed by atoms with van der Waals surface area (Å²) in [6.07, 6.45) is 1.02. The van der Waals surface area contributed by atoms with Gasteiger partial charge in [0.15, 0.2) is 0 Å². The summed E-state index contributed by atoms with van der Waals surface area (Å²) in [5, 5.41) is 0. The fraction of sp³-hybridized carbons (Fsp3) is 0.455. The van der Waals surface area contributed by atoms with Crippen molar-refractivity contribution in [1.29, 1.82) is 0 Å². The maximum atomic E-state index is 5.90. The van der Waals surface area contributed by atoms with Crippen LogP contribution in [0.15, 0.2) is 12.1 Å². The first kappa shape index (κ1) is 8.57. The zero-order valence-corrected chi connectivity index (χ0v) is 8.13. The van der Waals surface area contributed by atoms with Crippen molar-refractivity contribution in [2.75, 3.05) is 6.61 Å². The number of nitrogens with two attached hydrogens (primary N) is 1. The Morgan fingerprint density at radius 3 is 3.00 bits per heavy atom. The molecule has 0 fully saturated rings. The summed E-state index contributed by atoms with van der Waals surface area (Å²) in [6, 6.07) is 4.29. The third-order valence-electron chi connectivity index (χ3n) is 2.69. The number of rotatable bonds is 1. The molecule has 0 saturated carbocycles. The molecule has 70 valence electrons. The zero-order chi connectivity index (χ0) is 9.42. The fourth-order valence-electron chi connectivity index (χ4n) is 1.91. The molecule has 1 heterocycles. The summed E-state index contributed by atoms with van der Waals surface area (Å²) < 4.78 is 5.59. The minimum absolute atomic E-state index is 0.0703. The molecule has 0 bridgehead atoms. The van der Waals surface area contributed by atoms with Crippen LogP contribution in [-0.4, -0.2) is 6.61 Å². The molecule has 0 unspecified atom stereocenters. The number of hydrogen-bond donors (Lipinski definition) is 1. The molecule has 2 N–H and O–H groups in total. The Balaban J connectivity index is 2.57. The van der Waals surface area contributed by atoms with Gasteiger partial charge in [0.1, 0.15) is 12.4 Å². The van der Waals surface area contributed by atoms with Crippen LogP contribution in [0.25, 0.3) is 0 Å². The van der Waals surface area contributed by atoms with Crippen molar-refractivity contribution in [3.8, 4) is 5.75 Å². The molecule has 1 aromatic carbocycles. The van der Waals surface area contributed by atoms with E-state index in [-0.39, 0.29) is 6.04 Å². The lowest BCUT2D eigenvalue weighted by molar-refractivity contribution is 0.330. The average Bonchev–Trinajstić information content (AvgIpc) is 2.48. The highest BCUT2D eigenvalue weighted by atomic mass is 16.5. The Morgan fingerprint density at radius 1 is 1.54 bits per heavy atom. The molecule has 2 nitrogen and oxygen atoms in total.